The molecule has 0 N–H and O–H groups in total. The molecule has 1 aromatic heterocycles. The van der Waals surface area contributed by atoms with Crippen molar-refractivity contribution in [2.75, 3.05) is 0 Å². The van der Waals surface area contributed by atoms with Gasteiger partial charge < -0.3 is 4.74 Å². The molecule has 0 aliphatic carbocycles. The van der Waals surface area contributed by atoms with Gasteiger partial charge in [0.2, 0.25) is 5.88 Å². The van der Waals surface area contributed by atoms with E-state index < -0.39 is 0 Å². The Kier molecular flexibility index (Phi) is 4.78. The van der Waals surface area contributed by atoms with E-state index in [-0.39, 0.29) is 0 Å². The molecule has 0 bridgehead atoms. The molecule has 0 radical (unpaired) electrons. The summed E-state index contributed by atoms with van der Waals surface area (Å²) in [5, 5.41) is 0.991. The van der Waals surface area contributed by atoms with Crippen LogP contribution >= 0.6 is 11.8 Å². The topological polar surface area (TPSA) is 35.0 Å². The van der Waals surface area contributed by atoms with E-state index in [9.17, 15) is 0 Å². The van der Waals surface area contributed by atoms with Crippen LogP contribution in [-0.4, -0.2) is 9.97 Å². The lowest BCUT2D eigenvalue weighted by Gasteiger charge is -2.23. The van der Waals surface area contributed by atoms with E-state index in [1.54, 1.807) is 11.8 Å². The molecule has 29 heavy (non-hydrogen) atoms. The Morgan fingerprint density at radius 2 is 1.62 bits per heavy atom. The van der Waals surface area contributed by atoms with Crippen molar-refractivity contribution in [1.82, 2.24) is 9.97 Å². The highest BCUT2D eigenvalue weighted by Gasteiger charge is 2.25. The van der Waals surface area contributed by atoms with Gasteiger partial charge in [0.25, 0.3) is 0 Å². The average molecular weight is 397 g/mol. The number of aromatic nitrogens is 2. The first-order valence-electron chi connectivity index (χ1n) is 9.67. The van der Waals surface area contributed by atoms with Crippen LogP contribution in [0.1, 0.15) is 22.3 Å². The lowest BCUT2D eigenvalue weighted by Crippen LogP contribution is -2.10. The maximum absolute atomic E-state index is 6.30. The quantitative estimate of drug-likeness (QED) is 0.259. The highest BCUT2D eigenvalue weighted by atomic mass is 32.2. The van der Waals surface area contributed by atoms with Crippen molar-refractivity contribution in [3.63, 3.8) is 0 Å². The van der Waals surface area contributed by atoms with Gasteiger partial charge in [-0.3, -0.25) is 0 Å². The van der Waals surface area contributed by atoms with Crippen LogP contribution in [0.3, 0.4) is 0 Å². The van der Waals surface area contributed by atoms with Gasteiger partial charge in [0.15, 0.2) is 5.82 Å². The number of nitrogens with zero attached hydrogens (tertiary/aromatic N) is 2. The number of aryl methyl sites for hydroxylation is 1. The van der Waals surface area contributed by atoms with Crippen molar-refractivity contribution in [1.29, 1.82) is 0 Å². The minimum absolute atomic E-state index is 0.677. The second-order valence-corrected chi connectivity index (χ2v) is 8.08. The van der Waals surface area contributed by atoms with Crippen LogP contribution in [0.15, 0.2) is 83.9 Å². The molecular formula is C25H20N2OS. The molecule has 0 atom stereocenters. The summed E-state index contributed by atoms with van der Waals surface area (Å²) < 4.78 is 6.30. The first kappa shape index (κ1) is 18.0. The van der Waals surface area contributed by atoms with Gasteiger partial charge in [-0.1, -0.05) is 78.9 Å². The SMILES string of the molecule is Cc1cccc2c1Oc1nc(-c3ccccc3)nc(SCc3ccccc3)c1C2. The van der Waals surface area contributed by atoms with Gasteiger partial charge >= 0.3 is 0 Å². The minimum Gasteiger partial charge on any atom is -0.438 e. The second-order valence-electron chi connectivity index (χ2n) is 7.12. The van der Waals surface area contributed by atoms with Crippen molar-refractivity contribution in [2.24, 2.45) is 0 Å². The Morgan fingerprint density at radius 3 is 2.41 bits per heavy atom. The minimum atomic E-state index is 0.677. The molecule has 0 unspecified atom stereocenters. The zero-order chi connectivity index (χ0) is 19.6. The molecule has 0 fully saturated rings. The van der Waals surface area contributed by atoms with Crippen LogP contribution in [0.4, 0.5) is 0 Å². The lowest BCUT2D eigenvalue weighted by molar-refractivity contribution is 0.432. The van der Waals surface area contributed by atoms with Gasteiger partial charge in [-0.25, -0.2) is 4.98 Å². The number of thioether (sulfide) groups is 1. The van der Waals surface area contributed by atoms with E-state index in [0.717, 1.165) is 39.6 Å². The Balaban J connectivity index is 1.57. The van der Waals surface area contributed by atoms with Crippen LogP contribution in [-0.2, 0) is 12.2 Å². The summed E-state index contributed by atoms with van der Waals surface area (Å²) in [7, 11) is 0. The summed E-state index contributed by atoms with van der Waals surface area (Å²) in [4.78, 5) is 9.73. The molecule has 0 saturated heterocycles. The van der Waals surface area contributed by atoms with Crippen molar-refractivity contribution >= 4 is 11.8 Å². The number of fused-ring (bicyclic) bond motifs is 2. The third-order valence-electron chi connectivity index (χ3n) is 5.04. The summed E-state index contributed by atoms with van der Waals surface area (Å²) in [5.74, 6) is 3.17. The zero-order valence-electron chi connectivity index (χ0n) is 16.1. The van der Waals surface area contributed by atoms with Crippen LogP contribution in [0, 0.1) is 6.92 Å². The van der Waals surface area contributed by atoms with Crippen molar-refractivity contribution in [2.45, 2.75) is 24.1 Å². The molecule has 3 aromatic carbocycles. The fourth-order valence-corrected chi connectivity index (χ4v) is 4.51. The normalized spacial score (nSPS) is 12.0. The summed E-state index contributed by atoms with van der Waals surface area (Å²) >= 11 is 1.74. The molecular weight excluding hydrogens is 376 g/mol. The standard InChI is InChI=1S/C25H20N2OS/c1-17-9-8-14-20-15-21-24(28-22(17)20)26-23(19-12-6-3-7-13-19)27-25(21)29-16-18-10-4-2-5-11-18/h2-14H,15-16H2,1H3. The molecule has 1 aliphatic heterocycles. The molecule has 2 heterocycles. The second kappa shape index (κ2) is 7.72. The molecule has 142 valence electrons. The third-order valence-corrected chi connectivity index (χ3v) is 6.13. The number of rotatable bonds is 4. The fourth-order valence-electron chi connectivity index (χ4n) is 3.53. The summed E-state index contributed by atoms with van der Waals surface area (Å²) in [6.07, 6.45) is 0.790. The predicted molar refractivity (Wildman–Crippen MR) is 118 cm³/mol. The largest absolute Gasteiger partial charge is 0.438 e. The highest BCUT2D eigenvalue weighted by Crippen LogP contribution is 2.42. The molecule has 3 nitrogen and oxygen atoms in total. The maximum atomic E-state index is 6.30. The van der Waals surface area contributed by atoms with Crippen molar-refractivity contribution < 1.29 is 4.74 Å². The Morgan fingerprint density at radius 1 is 0.862 bits per heavy atom. The van der Waals surface area contributed by atoms with Gasteiger partial charge in [-0.15, -0.1) is 11.8 Å². The molecule has 0 amide bonds. The number of benzene rings is 3. The molecule has 0 saturated carbocycles. The predicted octanol–water partition coefficient (Wildman–Crippen LogP) is 6.44. The Bertz CT molecular complexity index is 1160. The number of hydrogen-bond acceptors (Lipinski definition) is 4. The maximum Gasteiger partial charge on any atom is 0.227 e. The van der Waals surface area contributed by atoms with Gasteiger partial charge in [0, 0.05) is 17.7 Å². The molecule has 0 spiro atoms. The highest BCUT2D eigenvalue weighted by molar-refractivity contribution is 7.98. The van der Waals surface area contributed by atoms with Crippen LogP contribution in [0.2, 0.25) is 0 Å². The fraction of sp³-hybridized carbons (Fsp3) is 0.120. The molecule has 4 heteroatoms. The smallest absolute Gasteiger partial charge is 0.227 e. The van der Waals surface area contributed by atoms with E-state index >= 15 is 0 Å². The summed E-state index contributed by atoms with van der Waals surface area (Å²) in [6, 6.07) is 26.9. The summed E-state index contributed by atoms with van der Waals surface area (Å²) in [6.45, 7) is 2.08. The monoisotopic (exact) mass is 396 g/mol. The Labute approximate surface area is 174 Å². The van der Waals surface area contributed by atoms with Crippen molar-refractivity contribution in [3.8, 4) is 23.0 Å². The van der Waals surface area contributed by atoms with E-state index in [1.165, 1.54) is 11.1 Å². The van der Waals surface area contributed by atoms with Crippen molar-refractivity contribution in [3.05, 3.63) is 101 Å². The first-order valence-corrected chi connectivity index (χ1v) is 10.7. The van der Waals surface area contributed by atoms with Gasteiger partial charge in [0.05, 0.1) is 5.56 Å². The number of ether oxygens (including phenoxy) is 1. The van der Waals surface area contributed by atoms with Gasteiger partial charge in [-0.2, -0.15) is 4.98 Å². The third kappa shape index (κ3) is 3.64. The zero-order valence-corrected chi connectivity index (χ0v) is 16.9. The summed E-state index contributed by atoms with van der Waals surface area (Å²) in [5.41, 5.74) is 5.67. The van der Waals surface area contributed by atoms with E-state index in [0.29, 0.717) is 11.7 Å². The number of para-hydroxylation sites is 1. The average Bonchev–Trinajstić information content (AvgIpc) is 2.78. The first-order chi connectivity index (χ1) is 14.3. The molecule has 5 rings (SSSR count). The molecule has 4 aromatic rings. The van der Waals surface area contributed by atoms with Gasteiger partial charge in [0.1, 0.15) is 10.8 Å². The van der Waals surface area contributed by atoms with Crippen LogP contribution in [0.5, 0.6) is 11.6 Å². The molecule has 1 aliphatic rings. The van der Waals surface area contributed by atoms with Crippen LogP contribution < -0.4 is 4.74 Å². The van der Waals surface area contributed by atoms with E-state index in [4.69, 9.17) is 14.7 Å². The van der Waals surface area contributed by atoms with E-state index in [1.807, 2.05) is 36.4 Å². The Hall–Kier alpha value is -3.11. The van der Waals surface area contributed by atoms with Gasteiger partial charge in [-0.05, 0) is 23.6 Å². The lowest BCUT2D eigenvalue weighted by atomic mass is 10.0. The number of hydrogen-bond donors (Lipinski definition) is 0. The van der Waals surface area contributed by atoms with Crippen LogP contribution in [0.25, 0.3) is 11.4 Å². The van der Waals surface area contributed by atoms with E-state index in [2.05, 4.69) is 49.4 Å².